The van der Waals surface area contributed by atoms with Gasteiger partial charge in [-0.25, -0.2) is 9.18 Å². The van der Waals surface area contributed by atoms with Gasteiger partial charge >= 0.3 is 5.97 Å². The van der Waals surface area contributed by atoms with Crippen LogP contribution in [0.1, 0.15) is 10.4 Å². The quantitative estimate of drug-likeness (QED) is 0.711. The number of halogens is 1. The molecular weight excluding hydrogens is 205 g/mol. The molecule has 2 rings (SSSR count). The molecule has 0 amide bonds. The van der Waals surface area contributed by atoms with E-state index in [1.54, 1.807) is 0 Å². The molecule has 0 unspecified atom stereocenters. The molecule has 0 spiro atoms. The van der Waals surface area contributed by atoms with Gasteiger partial charge in [0.05, 0.1) is 16.0 Å². The molecule has 5 heteroatoms. The van der Waals surface area contributed by atoms with Crippen LogP contribution in [0.2, 0.25) is 0 Å². The third kappa shape index (κ3) is 1.22. The van der Waals surface area contributed by atoms with E-state index in [4.69, 9.17) is 10.8 Å². The van der Waals surface area contributed by atoms with E-state index in [1.807, 2.05) is 0 Å². The van der Waals surface area contributed by atoms with E-state index < -0.39 is 11.8 Å². The van der Waals surface area contributed by atoms with Crippen LogP contribution in [0.3, 0.4) is 0 Å². The van der Waals surface area contributed by atoms with E-state index in [9.17, 15) is 9.18 Å². The van der Waals surface area contributed by atoms with Crippen molar-refractivity contribution in [2.75, 3.05) is 5.73 Å². The summed E-state index contributed by atoms with van der Waals surface area (Å²) in [7, 11) is 0. The first-order chi connectivity index (χ1) is 6.59. The van der Waals surface area contributed by atoms with Crippen molar-refractivity contribution >= 4 is 33.1 Å². The largest absolute Gasteiger partial charge is 0.478 e. The second kappa shape index (κ2) is 2.95. The van der Waals surface area contributed by atoms with Crippen LogP contribution >= 0.6 is 11.3 Å². The average Bonchev–Trinajstić information content (AvgIpc) is 2.47. The lowest BCUT2D eigenvalue weighted by atomic mass is 10.1. The summed E-state index contributed by atoms with van der Waals surface area (Å²) in [5.74, 6) is -1.59. The van der Waals surface area contributed by atoms with Gasteiger partial charge < -0.3 is 10.8 Å². The van der Waals surface area contributed by atoms with Crippen LogP contribution in [0.4, 0.5) is 10.1 Å². The van der Waals surface area contributed by atoms with Crippen LogP contribution in [-0.4, -0.2) is 11.1 Å². The number of benzene rings is 1. The zero-order valence-corrected chi connectivity index (χ0v) is 7.77. The van der Waals surface area contributed by atoms with Crippen molar-refractivity contribution in [3.8, 4) is 0 Å². The van der Waals surface area contributed by atoms with Crippen molar-refractivity contribution in [2.45, 2.75) is 0 Å². The number of hydrogen-bond acceptors (Lipinski definition) is 3. The SMILES string of the molecule is Nc1cc(F)cc2c(C(=O)O)csc12. The van der Waals surface area contributed by atoms with Gasteiger partial charge in [-0.3, -0.25) is 0 Å². The standard InChI is InChI=1S/C9H6FNO2S/c10-4-1-5-6(9(12)13)3-14-8(5)7(11)2-4/h1-3H,11H2,(H,12,13). The maximum absolute atomic E-state index is 13.0. The van der Waals surface area contributed by atoms with Crippen LogP contribution in [-0.2, 0) is 0 Å². The van der Waals surface area contributed by atoms with E-state index in [0.717, 1.165) is 0 Å². The maximum atomic E-state index is 13.0. The van der Waals surface area contributed by atoms with Crippen LogP contribution < -0.4 is 5.73 Å². The third-order valence-electron chi connectivity index (χ3n) is 1.90. The number of hydrogen-bond donors (Lipinski definition) is 2. The summed E-state index contributed by atoms with van der Waals surface area (Å²) in [6.07, 6.45) is 0. The van der Waals surface area contributed by atoms with E-state index in [2.05, 4.69) is 0 Å². The molecule has 0 bridgehead atoms. The number of anilines is 1. The van der Waals surface area contributed by atoms with Gasteiger partial charge in [0.2, 0.25) is 0 Å². The third-order valence-corrected chi connectivity index (χ3v) is 2.94. The summed E-state index contributed by atoms with van der Waals surface area (Å²) in [4.78, 5) is 10.7. The van der Waals surface area contributed by atoms with Crippen molar-refractivity contribution in [1.82, 2.24) is 0 Å². The van der Waals surface area contributed by atoms with E-state index in [-0.39, 0.29) is 11.3 Å². The summed E-state index contributed by atoms with van der Waals surface area (Å²) < 4.78 is 13.6. The van der Waals surface area contributed by atoms with Gasteiger partial charge in [-0.05, 0) is 12.1 Å². The van der Waals surface area contributed by atoms with Crippen LogP contribution in [0.15, 0.2) is 17.5 Å². The molecule has 1 aromatic carbocycles. The molecule has 3 nitrogen and oxygen atoms in total. The summed E-state index contributed by atoms with van der Waals surface area (Å²) in [6, 6.07) is 2.37. The molecule has 72 valence electrons. The Balaban J connectivity index is 2.85. The Labute approximate surface area is 82.6 Å². The summed E-state index contributed by atoms with van der Waals surface area (Å²) in [6.45, 7) is 0. The Bertz CT molecular complexity index is 521. The van der Waals surface area contributed by atoms with E-state index in [0.29, 0.717) is 10.1 Å². The molecule has 0 aliphatic carbocycles. The highest BCUT2D eigenvalue weighted by molar-refractivity contribution is 7.18. The number of carbonyl (C=O) groups is 1. The van der Waals surface area contributed by atoms with Crippen molar-refractivity contribution < 1.29 is 14.3 Å². The van der Waals surface area contributed by atoms with Gasteiger partial charge in [0.1, 0.15) is 5.82 Å². The lowest BCUT2D eigenvalue weighted by molar-refractivity contribution is 0.0699. The number of thiophene rings is 1. The first-order valence-corrected chi connectivity index (χ1v) is 4.67. The fraction of sp³-hybridized carbons (Fsp3) is 0. The average molecular weight is 211 g/mol. The molecule has 0 saturated heterocycles. The second-order valence-electron chi connectivity index (χ2n) is 2.83. The van der Waals surface area contributed by atoms with Gasteiger partial charge in [0.15, 0.2) is 0 Å². The Morgan fingerprint density at radius 2 is 2.21 bits per heavy atom. The highest BCUT2D eigenvalue weighted by Crippen LogP contribution is 2.31. The minimum atomic E-state index is -1.07. The van der Waals surface area contributed by atoms with E-state index >= 15 is 0 Å². The molecule has 0 fully saturated rings. The van der Waals surface area contributed by atoms with Crippen LogP contribution in [0.5, 0.6) is 0 Å². The molecular formula is C9H6FNO2S. The van der Waals surface area contributed by atoms with Gasteiger partial charge in [-0.15, -0.1) is 11.3 Å². The molecule has 1 aromatic heterocycles. The highest BCUT2D eigenvalue weighted by atomic mass is 32.1. The van der Waals surface area contributed by atoms with Crippen LogP contribution in [0, 0.1) is 5.82 Å². The number of rotatable bonds is 1. The Kier molecular flexibility index (Phi) is 1.89. The number of carboxylic acids is 1. The first kappa shape index (κ1) is 8.96. The monoisotopic (exact) mass is 211 g/mol. The predicted molar refractivity (Wildman–Crippen MR) is 53.2 cm³/mol. The molecule has 3 N–H and O–H groups in total. The minimum absolute atomic E-state index is 0.0937. The smallest absolute Gasteiger partial charge is 0.337 e. The van der Waals surface area contributed by atoms with Crippen molar-refractivity contribution in [3.63, 3.8) is 0 Å². The maximum Gasteiger partial charge on any atom is 0.337 e. The van der Waals surface area contributed by atoms with Crippen LogP contribution in [0.25, 0.3) is 10.1 Å². The van der Waals surface area contributed by atoms with Gasteiger partial charge in [-0.2, -0.15) is 0 Å². The Hall–Kier alpha value is -1.62. The Morgan fingerprint density at radius 3 is 2.86 bits per heavy atom. The van der Waals surface area contributed by atoms with Gasteiger partial charge in [0.25, 0.3) is 0 Å². The van der Waals surface area contributed by atoms with Crippen molar-refractivity contribution in [3.05, 3.63) is 28.9 Å². The molecule has 0 atom stereocenters. The number of carboxylic acid groups (broad SMARTS) is 1. The number of aromatic carboxylic acids is 1. The number of nitrogen functional groups attached to an aromatic ring is 1. The minimum Gasteiger partial charge on any atom is -0.478 e. The highest BCUT2D eigenvalue weighted by Gasteiger charge is 2.13. The fourth-order valence-electron chi connectivity index (χ4n) is 1.29. The second-order valence-corrected chi connectivity index (χ2v) is 3.71. The molecule has 1 heterocycles. The zero-order chi connectivity index (χ0) is 10.3. The summed E-state index contributed by atoms with van der Waals surface area (Å²) >= 11 is 1.21. The first-order valence-electron chi connectivity index (χ1n) is 3.79. The Morgan fingerprint density at radius 1 is 1.50 bits per heavy atom. The van der Waals surface area contributed by atoms with Gasteiger partial charge in [0, 0.05) is 10.8 Å². The van der Waals surface area contributed by atoms with E-state index in [1.165, 1.54) is 28.8 Å². The number of fused-ring (bicyclic) bond motifs is 1. The molecule has 0 saturated carbocycles. The molecule has 2 aromatic rings. The van der Waals surface area contributed by atoms with Crippen molar-refractivity contribution in [1.29, 1.82) is 0 Å². The van der Waals surface area contributed by atoms with Gasteiger partial charge in [-0.1, -0.05) is 0 Å². The topological polar surface area (TPSA) is 63.3 Å². The number of nitrogens with two attached hydrogens (primary N) is 1. The summed E-state index contributed by atoms with van der Waals surface area (Å²) in [5, 5.41) is 10.6. The molecule has 0 aliphatic heterocycles. The fourth-order valence-corrected chi connectivity index (χ4v) is 2.25. The molecule has 0 aliphatic rings. The predicted octanol–water partition coefficient (Wildman–Crippen LogP) is 2.32. The van der Waals surface area contributed by atoms with Crippen molar-refractivity contribution in [2.24, 2.45) is 0 Å². The normalized spacial score (nSPS) is 10.6. The zero-order valence-electron chi connectivity index (χ0n) is 6.95. The lowest BCUT2D eigenvalue weighted by Gasteiger charge is -1.97. The molecule has 0 radical (unpaired) electrons. The molecule has 14 heavy (non-hydrogen) atoms. The summed E-state index contributed by atoms with van der Waals surface area (Å²) in [5.41, 5.74) is 5.92. The lowest BCUT2D eigenvalue weighted by Crippen LogP contribution is -1.94.